The summed E-state index contributed by atoms with van der Waals surface area (Å²) in [5, 5.41) is 8.75. The van der Waals surface area contributed by atoms with Gasteiger partial charge in [0.1, 0.15) is 5.56 Å². The summed E-state index contributed by atoms with van der Waals surface area (Å²) in [5.41, 5.74) is 5.48. The molecule has 14 heavy (non-hydrogen) atoms. The van der Waals surface area contributed by atoms with Gasteiger partial charge >= 0.3 is 5.97 Å². The first-order chi connectivity index (χ1) is 6.60. The van der Waals surface area contributed by atoms with Crippen LogP contribution in [-0.2, 0) is 6.54 Å². The molecule has 76 valence electrons. The van der Waals surface area contributed by atoms with Crippen LogP contribution in [-0.4, -0.2) is 18.2 Å². The molecule has 0 unspecified atom stereocenters. The Bertz CT molecular complexity index is 365. The summed E-state index contributed by atoms with van der Waals surface area (Å²) < 4.78 is 17.9. The van der Waals surface area contributed by atoms with Crippen LogP contribution in [0.2, 0.25) is 0 Å². The minimum absolute atomic E-state index is 0.0845. The summed E-state index contributed by atoms with van der Waals surface area (Å²) in [4.78, 5) is 10.7. The van der Waals surface area contributed by atoms with E-state index in [0.717, 1.165) is 6.07 Å². The van der Waals surface area contributed by atoms with E-state index in [1.165, 1.54) is 13.2 Å². The first kappa shape index (κ1) is 10.5. The van der Waals surface area contributed by atoms with Gasteiger partial charge in [0.15, 0.2) is 11.6 Å². The second kappa shape index (κ2) is 4.06. The van der Waals surface area contributed by atoms with Crippen molar-refractivity contribution in [2.24, 2.45) is 5.73 Å². The number of nitrogens with two attached hydrogens (primary N) is 1. The predicted octanol–water partition coefficient (Wildman–Crippen LogP) is 0.991. The van der Waals surface area contributed by atoms with E-state index in [1.807, 2.05) is 0 Å². The van der Waals surface area contributed by atoms with E-state index < -0.39 is 11.8 Å². The number of ether oxygens (including phenoxy) is 1. The Kier molecular flexibility index (Phi) is 3.03. The third kappa shape index (κ3) is 1.82. The van der Waals surface area contributed by atoms with Crippen LogP contribution in [0.1, 0.15) is 15.9 Å². The predicted molar refractivity (Wildman–Crippen MR) is 47.8 cm³/mol. The molecule has 0 aliphatic rings. The topological polar surface area (TPSA) is 72.5 Å². The molecule has 1 rings (SSSR count). The van der Waals surface area contributed by atoms with E-state index >= 15 is 0 Å². The largest absolute Gasteiger partial charge is 0.493 e. The van der Waals surface area contributed by atoms with Gasteiger partial charge in [-0.05, 0) is 17.7 Å². The van der Waals surface area contributed by atoms with Gasteiger partial charge in [0, 0.05) is 6.54 Å². The molecule has 0 aromatic heterocycles. The number of aromatic carboxylic acids is 1. The van der Waals surface area contributed by atoms with Crippen molar-refractivity contribution in [2.45, 2.75) is 6.54 Å². The Hall–Kier alpha value is -1.62. The molecule has 5 heteroatoms. The fourth-order valence-corrected chi connectivity index (χ4v) is 1.13. The van der Waals surface area contributed by atoms with E-state index in [2.05, 4.69) is 4.74 Å². The highest BCUT2D eigenvalue weighted by molar-refractivity contribution is 5.91. The van der Waals surface area contributed by atoms with E-state index in [-0.39, 0.29) is 17.9 Å². The number of rotatable bonds is 3. The lowest BCUT2D eigenvalue weighted by atomic mass is 10.1. The zero-order valence-corrected chi connectivity index (χ0v) is 7.58. The molecule has 0 radical (unpaired) electrons. The van der Waals surface area contributed by atoms with Crippen molar-refractivity contribution >= 4 is 5.97 Å². The fourth-order valence-electron chi connectivity index (χ4n) is 1.13. The molecule has 3 N–H and O–H groups in total. The lowest BCUT2D eigenvalue weighted by Gasteiger charge is -2.07. The van der Waals surface area contributed by atoms with Gasteiger partial charge in [-0.3, -0.25) is 0 Å². The van der Waals surface area contributed by atoms with Crippen LogP contribution < -0.4 is 10.5 Å². The molecule has 0 saturated heterocycles. The van der Waals surface area contributed by atoms with Gasteiger partial charge < -0.3 is 15.6 Å². The zero-order valence-electron chi connectivity index (χ0n) is 7.58. The Labute approximate surface area is 80.1 Å². The highest BCUT2D eigenvalue weighted by Gasteiger charge is 2.16. The zero-order chi connectivity index (χ0) is 10.7. The normalized spacial score (nSPS) is 9.93. The Balaban J connectivity index is 3.35. The molecule has 0 saturated carbocycles. The number of hydrogen-bond acceptors (Lipinski definition) is 3. The molecule has 0 spiro atoms. The number of carboxylic acids is 1. The van der Waals surface area contributed by atoms with Crippen LogP contribution in [0.4, 0.5) is 4.39 Å². The SMILES string of the molecule is COc1c(F)cc(CN)cc1C(=O)O. The quantitative estimate of drug-likeness (QED) is 0.761. The number of benzene rings is 1. The van der Waals surface area contributed by atoms with E-state index in [1.54, 1.807) is 0 Å². The smallest absolute Gasteiger partial charge is 0.339 e. The second-order valence-electron chi connectivity index (χ2n) is 2.67. The van der Waals surface area contributed by atoms with Crippen molar-refractivity contribution < 1.29 is 19.0 Å². The van der Waals surface area contributed by atoms with Gasteiger partial charge in [-0.25, -0.2) is 9.18 Å². The third-order valence-corrected chi connectivity index (χ3v) is 1.77. The van der Waals surface area contributed by atoms with Crippen molar-refractivity contribution in [2.75, 3.05) is 7.11 Å². The molecular formula is C9H10FNO3. The molecule has 4 nitrogen and oxygen atoms in total. The number of halogens is 1. The summed E-state index contributed by atoms with van der Waals surface area (Å²) in [5.74, 6) is -2.22. The monoisotopic (exact) mass is 199 g/mol. The van der Waals surface area contributed by atoms with Gasteiger partial charge in [-0.2, -0.15) is 0 Å². The van der Waals surface area contributed by atoms with Crippen LogP contribution in [0.15, 0.2) is 12.1 Å². The maximum atomic E-state index is 13.2. The van der Waals surface area contributed by atoms with Crippen molar-refractivity contribution in [3.63, 3.8) is 0 Å². The minimum Gasteiger partial charge on any atom is -0.493 e. The van der Waals surface area contributed by atoms with Gasteiger partial charge in [-0.1, -0.05) is 0 Å². The molecule has 0 bridgehead atoms. The van der Waals surface area contributed by atoms with Crippen molar-refractivity contribution in [3.8, 4) is 5.75 Å². The van der Waals surface area contributed by atoms with Crippen molar-refractivity contribution in [1.29, 1.82) is 0 Å². The summed E-state index contributed by atoms with van der Waals surface area (Å²) in [7, 11) is 1.22. The van der Waals surface area contributed by atoms with E-state index in [4.69, 9.17) is 10.8 Å². The lowest BCUT2D eigenvalue weighted by molar-refractivity contribution is 0.0692. The third-order valence-electron chi connectivity index (χ3n) is 1.77. The van der Waals surface area contributed by atoms with Crippen LogP contribution >= 0.6 is 0 Å². The molecular weight excluding hydrogens is 189 g/mol. The molecule has 0 amide bonds. The lowest BCUT2D eigenvalue weighted by Crippen LogP contribution is -2.06. The Morgan fingerprint density at radius 3 is 2.71 bits per heavy atom. The molecule has 0 aliphatic heterocycles. The second-order valence-corrected chi connectivity index (χ2v) is 2.67. The average Bonchev–Trinajstić information content (AvgIpc) is 2.16. The van der Waals surface area contributed by atoms with Crippen LogP contribution in [0.25, 0.3) is 0 Å². The van der Waals surface area contributed by atoms with Crippen LogP contribution in [0.5, 0.6) is 5.75 Å². The Morgan fingerprint density at radius 2 is 2.29 bits per heavy atom. The highest BCUT2D eigenvalue weighted by atomic mass is 19.1. The van der Waals surface area contributed by atoms with Gasteiger partial charge in [0.05, 0.1) is 7.11 Å². The summed E-state index contributed by atoms with van der Waals surface area (Å²) >= 11 is 0. The number of carbonyl (C=O) groups is 1. The average molecular weight is 199 g/mol. The highest BCUT2D eigenvalue weighted by Crippen LogP contribution is 2.24. The molecule has 0 fully saturated rings. The minimum atomic E-state index is -1.24. The fraction of sp³-hybridized carbons (Fsp3) is 0.222. The summed E-state index contributed by atoms with van der Waals surface area (Å²) in [6.07, 6.45) is 0. The maximum Gasteiger partial charge on any atom is 0.339 e. The Morgan fingerprint density at radius 1 is 1.64 bits per heavy atom. The van der Waals surface area contributed by atoms with Gasteiger partial charge in [-0.15, -0.1) is 0 Å². The molecule has 0 heterocycles. The van der Waals surface area contributed by atoms with Gasteiger partial charge in [0.25, 0.3) is 0 Å². The standard InChI is InChI=1S/C9H10FNO3/c1-14-8-6(9(12)13)2-5(4-11)3-7(8)10/h2-3H,4,11H2,1H3,(H,12,13). The van der Waals surface area contributed by atoms with Crippen molar-refractivity contribution in [1.82, 2.24) is 0 Å². The van der Waals surface area contributed by atoms with Crippen LogP contribution in [0.3, 0.4) is 0 Å². The molecule has 0 atom stereocenters. The van der Waals surface area contributed by atoms with Crippen molar-refractivity contribution in [3.05, 3.63) is 29.1 Å². The summed E-state index contributed by atoms with van der Waals surface area (Å²) in [6, 6.07) is 2.45. The maximum absolute atomic E-state index is 13.2. The number of methoxy groups -OCH3 is 1. The van der Waals surface area contributed by atoms with Crippen LogP contribution in [0, 0.1) is 5.82 Å². The van der Waals surface area contributed by atoms with E-state index in [9.17, 15) is 9.18 Å². The molecule has 1 aromatic carbocycles. The first-order valence-electron chi connectivity index (χ1n) is 3.90. The molecule has 1 aromatic rings. The number of hydrogen-bond donors (Lipinski definition) is 2. The van der Waals surface area contributed by atoms with Gasteiger partial charge in [0.2, 0.25) is 0 Å². The molecule has 0 aliphatic carbocycles. The first-order valence-corrected chi connectivity index (χ1v) is 3.90. The number of carboxylic acid groups (broad SMARTS) is 1. The summed E-state index contributed by atoms with van der Waals surface area (Å²) in [6.45, 7) is 0.0845. The van der Waals surface area contributed by atoms with E-state index in [0.29, 0.717) is 5.56 Å².